The summed E-state index contributed by atoms with van der Waals surface area (Å²) in [6.45, 7) is 1.88. The fourth-order valence-electron chi connectivity index (χ4n) is 4.51. The normalized spacial score (nSPS) is 23.5. The van der Waals surface area contributed by atoms with Crippen molar-refractivity contribution in [3.63, 3.8) is 0 Å². The first-order valence-electron chi connectivity index (χ1n) is 10.3. The first kappa shape index (κ1) is 21.7. The van der Waals surface area contributed by atoms with Crippen LogP contribution in [-0.4, -0.2) is 47.8 Å². The smallest absolute Gasteiger partial charge is 0.243 e. The molecule has 0 bridgehead atoms. The maximum absolute atomic E-state index is 13.2. The summed E-state index contributed by atoms with van der Waals surface area (Å²) in [4.78, 5) is 40.5. The van der Waals surface area contributed by atoms with Crippen LogP contribution in [0.3, 0.4) is 0 Å². The molecule has 1 saturated carbocycles. The minimum Gasteiger partial charge on any atom is -0.496 e. The van der Waals surface area contributed by atoms with E-state index in [4.69, 9.17) is 4.74 Å². The van der Waals surface area contributed by atoms with Gasteiger partial charge in [0.15, 0.2) is 0 Å². The zero-order valence-corrected chi connectivity index (χ0v) is 18.2. The second kappa shape index (κ2) is 9.65. The molecule has 1 aliphatic carbocycles. The molecule has 0 spiro atoms. The van der Waals surface area contributed by atoms with Crippen LogP contribution in [0.4, 0.5) is 0 Å². The van der Waals surface area contributed by atoms with Gasteiger partial charge in [0, 0.05) is 5.56 Å². The Hall–Kier alpha value is -2.02. The van der Waals surface area contributed by atoms with Crippen LogP contribution < -0.4 is 10.1 Å². The van der Waals surface area contributed by atoms with E-state index in [-0.39, 0.29) is 35.6 Å². The van der Waals surface area contributed by atoms with Crippen molar-refractivity contribution < 1.29 is 19.1 Å². The molecule has 1 aliphatic heterocycles. The fraction of sp³-hybridized carbons (Fsp3) is 0.591. The maximum Gasteiger partial charge on any atom is 0.243 e. The second-order valence-electron chi connectivity index (χ2n) is 7.81. The number of hydrogen-bond donors (Lipinski definition) is 1. The molecular formula is C22H30N2O4S. The van der Waals surface area contributed by atoms with Crippen molar-refractivity contribution in [3.8, 4) is 5.75 Å². The summed E-state index contributed by atoms with van der Waals surface area (Å²) in [6, 6.07) is 6.46. The van der Waals surface area contributed by atoms with Crippen LogP contribution in [0, 0.1) is 11.8 Å². The number of ether oxygens (including phenoxy) is 1. The Labute approximate surface area is 176 Å². The van der Waals surface area contributed by atoms with Gasteiger partial charge in [-0.1, -0.05) is 31.0 Å². The summed E-state index contributed by atoms with van der Waals surface area (Å²) in [7, 11) is 1.60. The van der Waals surface area contributed by atoms with Crippen LogP contribution in [0.15, 0.2) is 24.3 Å². The van der Waals surface area contributed by atoms with E-state index in [1.807, 2.05) is 37.4 Å². The molecule has 0 radical (unpaired) electrons. The van der Waals surface area contributed by atoms with Gasteiger partial charge in [-0.15, -0.1) is 0 Å². The van der Waals surface area contributed by atoms with Gasteiger partial charge in [-0.3, -0.25) is 19.3 Å². The van der Waals surface area contributed by atoms with Crippen molar-refractivity contribution in [2.45, 2.75) is 51.1 Å². The van der Waals surface area contributed by atoms with E-state index >= 15 is 0 Å². The van der Waals surface area contributed by atoms with Crippen molar-refractivity contribution in [1.29, 1.82) is 0 Å². The van der Waals surface area contributed by atoms with E-state index in [0.717, 1.165) is 31.2 Å². The second-order valence-corrected chi connectivity index (χ2v) is 8.80. The van der Waals surface area contributed by atoms with Crippen LogP contribution in [0.5, 0.6) is 5.75 Å². The van der Waals surface area contributed by atoms with Crippen LogP contribution in [-0.2, 0) is 14.4 Å². The van der Waals surface area contributed by atoms with Crippen molar-refractivity contribution >= 4 is 29.5 Å². The number of methoxy groups -OCH3 is 1. The van der Waals surface area contributed by atoms with Gasteiger partial charge >= 0.3 is 0 Å². The molecule has 1 saturated heterocycles. The lowest BCUT2D eigenvalue weighted by Crippen LogP contribution is -2.50. The number of thioether (sulfide) groups is 1. The number of fused-ring (bicyclic) bond motifs is 1. The highest BCUT2D eigenvalue weighted by molar-refractivity contribution is 7.98. The molecule has 2 fully saturated rings. The van der Waals surface area contributed by atoms with Gasteiger partial charge in [-0.05, 0) is 44.3 Å². The Morgan fingerprint density at radius 1 is 1.21 bits per heavy atom. The highest BCUT2D eigenvalue weighted by Crippen LogP contribution is 2.39. The third-order valence-electron chi connectivity index (χ3n) is 6.05. The molecule has 158 valence electrons. The summed E-state index contributed by atoms with van der Waals surface area (Å²) in [5.41, 5.74) is 0.861. The van der Waals surface area contributed by atoms with E-state index in [2.05, 4.69) is 5.32 Å². The van der Waals surface area contributed by atoms with E-state index in [1.54, 1.807) is 18.9 Å². The molecule has 7 heteroatoms. The van der Waals surface area contributed by atoms with Crippen LogP contribution >= 0.6 is 11.8 Å². The quantitative estimate of drug-likeness (QED) is 0.657. The van der Waals surface area contributed by atoms with Crippen molar-refractivity contribution in [2.75, 3.05) is 19.1 Å². The van der Waals surface area contributed by atoms with Gasteiger partial charge in [-0.2, -0.15) is 11.8 Å². The van der Waals surface area contributed by atoms with Gasteiger partial charge < -0.3 is 10.1 Å². The Morgan fingerprint density at radius 3 is 2.41 bits per heavy atom. The third-order valence-corrected chi connectivity index (χ3v) is 6.69. The molecule has 6 nitrogen and oxygen atoms in total. The molecule has 29 heavy (non-hydrogen) atoms. The van der Waals surface area contributed by atoms with Gasteiger partial charge in [0.1, 0.15) is 11.8 Å². The standard InChI is InChI=1S/C22H30N2O4S/c1-14(15-8-6-7-11-19(15)28-2)23-20(25)18(12-13-29-3)24-21(26)16-9-4-5-10-17(16)22(24)27/h6-8,11,14,16-18H,4-5,9-10,12-13H2,1-3H3,(H,23,25)/t14-,16-,17+,18+/m0/s1. The number of carbonyl (C=O) groups is 3. The SMILES string of the molecule is COc1ccccc1[C@H](C)NC(=O)[C@@H](CCSC)N1C(=O)[C@H]2CCCC[C@H]2C1=O. The summed E-state index contributed by atoms with van der Waals surface area (Å²) in [5, 5.41) is 3.00. The molecule has 1 aromatic carbocycles. The number of benzene rings is 1. The summed E-state index contributed by atoms with van der Waals surface area (Å²) < 4.78 is 5.40. The largest absolute Gasteiger partial charge is 0.496 e. The lowest BCUT2D eigenvalue weighted by Gasteiger charge is -2.27. The van der Waals surface area contributed by atoms with Crippen LogP contribution in [0.1, 0.15) is 50.6 Å². The number of rotatable bonds is 8. The van der Waals surface area contributed by atoms with E-state index < -0.39 is 6.04 Å². The highest BCUT2D eigenvalue weighted by Gasteiger charge is 2.51. The maximum atomic E-state index is 13.2. The average Bonchev–Trinajstić information content (AvgIpc) is 2.99. The molecule has 0 unspecified atom stereocenters. The zero-order chi connectivity index (χ0) is 21.0. The zero-order valence-electron chi connectivity index (χ0n) is 17.3. The highest BCUT2D eigenvalue weighted by atomic mass is 32.2. The summed E-state index contributed by atoms with van der Waals surface area (Å²) in [5.74, 6) is 0.308. The molecule has 0 aromatic heterocycles. The number of carbonyl (C=O) groups excluding carboxylic acids is 3. The Bertz CT molecular complexity index is 745. The van der Waals surface area contributed by atoms with Gasteiger partial charge in [-0.25, -0.2) is 0 Å². The van der Waals surface area contributed by atoms with Crippen molar-refractivity contribution in [1.82, 2.24) is 10.2 Å². The molecule has 1 N–H and O–H groups in total. The average molecular weight is 419 g/mol. The number of imide groups is 1. The fourth-order valence-corrected chi connectivity index (χ4v) is 4.97. The molecular weight excluding hydrogens is 388 g/mol. The molecule has 1 aromatic rings. The predicted molar refractivity (Wildman–Crippen MR) is 114 cm³/mol. The van der Waals surface area contributed by atoms with Crippen molar-refractivity contribution in [3.05, 3.63) is 29.8 Å². The lowest BCUT2D eigenvalue weighted by molar-refractivity contribution is -0.148. The molecule has 3 amide bonds. The van der Waals surface area contributed by atoms with Gasteiger partial charge in [0.05, 0.1) is 25.0 Å². The number of amides is 3. The molecule has 3 rings (SSSR count). The molecule has 1 heterocycles. The topological polar surface area (TPSA) is 75.7 Å². The Balaban J connectivity index is 1.80. The minimum absolute atomic E-state index is 0.161. The number of nitrogens with zero attached hydrogens (tertiary/aromatic N) is 1. The summed E-state index contributed by atoms with van der Waals surface area (Å²) in [6.07, 6.45) is 5.86. The number of likely N-dealkylation sites (tertiary alicyclic amines) is 1. The first-order valence-corrected chi connectivity index (χ1v) is 11.7. The van der Waals surface area contributed by atoms with Gasteiger partial charge in [0.25, 0.3) is 0 Å². The number of nitrogens with one attached hydrogen (secondary N) is 1. The minimum atomic E-state index is -0.759. The number of hydrogen-bond acceptors (Lipinski definition) is 5. The van der Waals surface area contributed by atoms with E-state index in [0.29, 0.717) is 17.9 Å². The third kappa shape index (κ3) is 4.44. The summed E-state index contributed by atoms with van der Waals surface area (Å²) >= 11 is 1.61. The molecule has 2 aliphatic rings. The first-order chi connectivity index (χ1) is 14.0. The monoisotopic (exact) mass is 418 g/mol. The van der Waals surface area contributed by atoms with E-state index in [1.165, 1.54) is 4.90 Å². The van der Waals surface area contributed by atoms with Gasteiger partial charge in [0.2, 0.25) is 17.7 Å². The Kier molecular flexibility index (Phi) is 7.22. The van der Waals surface area contributed by atoms with Crippen LogP contribution in [0.2, 0.25) is 0 Å². The number of para-hydroxylation sites is 1. The van der Waals surface area contributed by atoms with Crippen molar-refractivity contribution in [2.24, 2.45) is 11.8 Å². The lowest BCUT2D eigenvalue weighted by atomic mass is 9.81. The predicted octanol–water partition coefficient (Wildman–Crippen LogP) is 3.17. The Morgan fingerprint density at radius 2 is 1.83 bits per heavy atom. The van der Waals surface area contributed by atoms with Crippen LogP contribution in [0.25, 0.3) is 0 Å². The molecule has 4 atom stereocenters. The van der Waals surface area contributed by atoms with E-state index in [9.17, 15) is 14.4 Å².